The Balaban J connectivity index is 1.61. The summed E-state index contributed by atoms with van der Waals surface area (Å²) < 4.78 is 6.45. The molecular formula is C17H17N3O5S. The van der Waals surface area contributed by atoms with Crippen molar-refractivity contribution in [2.75, 3.05) is 0 Å². The highest BCUT2D eigenvalue weighted by Gasteiger charge is 2.15. The van der Waals surface area contributed by atoms with Gasteiger partial charge in [-0.25, -0.2) is 4.79 Å². The number of thiophene rings is 1. The van der Waals surface area contributed by atoms with Crippen LogP contribution < -0.4 is 11.1 Å². The van der Waals surface area contributed by atoms with E-state index in [1.54, 1.807) is 11.3 Å². The predicted molar refractivity (Wildman–Crippen MR) is 97.2 cm³/mol. The maximum atomic E-state index is 12.1. The van der Waals surface area contributed by atoms with Crippen LogP contribution in [-0.2, 0) is 11.3 Å². The van der Waals surface area contributed by atoms with E-state index in [2.05, 4.69) is 5.32 Å². The van der Waals surface area contributed by atoms with E-state index in [-0.39, 0.29) is 29.6 Å². The van der Waals surface area contributed by atoms with Crippen LogP contribution in [-0.4, -0.2) is 15.4 Å². The molecule has 136 valence electrons. The van der Waals surface area contributed by atoms with Crippen molar-refractivity contribution >= 4 is 34.0 Å². The lowest BCUT2D eigenvalue weighted by Gasteiger charge is -2.12. The number of aromatic nitrogens is 1. The first-order valence-electron chi connectivity index (χ1n) is 8.06. The van der Waals surface area contributed by atoms with Crippen molar-refractivity contribution in [2.45, 2.75) is 32.4 Å². The van der Waals surface area contributed by atoms with Crippen LogP contribution in [0.1, 0.15) is 30.7 Å². The second-order valence-electron chi connectivity index (χ2n) is 5.84. The molecule has 1 aromatic carbocycles. The zero-order valence-electron chi connectivity index (χ0n) is 14.0. The lowest BCUT2D eigenvalue weighted by molar-refractivity contribution is -0.384. The molecule has 26 heavy (non-hydrogen) atoms. The largest absolute Gasteiger partial charge is 0.419 e. The van der Waals surface area contributed by atoms with Crippen molar-refractivity contribution in [2.24, 2.45) is 0 Å². The van der Waals surface area contributed by atoms with Crippen LogP contribution in [0.3, 0.4) is 0 Å². The molecule has 0 radical (unpaired) electrons. The quantitative estimate of drug-likeness (QED) is 0.504. The molecule has 3 rings (SSSR count). The third-order valence-corrected chi connectivity index (χ3v) is 5.05. The molecule has 0 aliphatic heterocycles. The molecule has 2 aromatic heterocycles. The highest BCUT2D eigenvalue weighted by Crippen LogP contribution is 2.21. The van der Waals surface area contributed by atoms with Crippen LogP contribution in [0.15, 0.2) is 44.9 Å². The van der Waals surface area contributed by atoms with Gasteiger partial charge in [0, 0.05) is 23.9 Å². The van der Waals surface area contributed by atoms with E-state index in [0.29, 0.717) is 18.5 Å². The molecule has 0 unspecified atom stereocenters. The zero-order chi connectivity index (χ0) is 18.7. The minimum absolute atomic E-state index is 0.0551. The molecule has 0 saturated heterocycles. The van der Waals surface area contributed by atoms with Crippen LogP contribution in [0.25, 0.3) is 11.1 Å². The second kappa shape index (κ2) is 7.52. The van der Waals surface area contributed by atoms with Crippen molar-refractivity contribution in [1.82, 2.24) is 9.88 Å². The lowest BCUT2D eigenvalue weighted by Crippen LogP contribution is -2.26. The van der Waals surface area contributed by atoms with Gasteiger partial charge in [-0.15, -0.1) is 11.3 Å². The van der Waals surface area contributed by atoms with Crippen LogP contribution in [0.5, 0.6) is 0 Å². The second-order valence-corrected chi connectivity index (χ2v) is 6.82. The van der Waals surface area contributed by atoms with E-state index in [4.69, 9.17) is 4.42 Å². The van der Waals surface area contributed by atoms with Crippen molar-refractivity contribution in [1.29, 1.82) is 0 Å². The fraction of sp³-hybridized carbons (Fsp3) is 0.294. The molecule has 0 bridgehead atoms. The van der Waals surface area contributed by atoms with Gasteiger partial charge in [-0.1, -0.05) is 6.07 Å². The van der Waals surface area contributed by atoms with Gasteiger partial charge in [0.1, 0.15) is 0 Å². The number of non-ortho nitro benzene ring substituents is 1. The molecule has 1 atom stereocenters. The summed E-state index contributed by atoms with van der Waals surface area (Å²) in [6, 6.07) is 7.87. The number of oxazole rings is 1. The maximum Gasteiger partial charge on any atom is 0.419 e. The van der Waals surface area contributed by atoms with Crippen LogP contribution in [0, 0.1) is 10.1 Å². The minimum atomic E-state index is -0.590. The summed E-state index contributed by atoms with van der Waals surface area (Å²) in [5, 5.41) is 15.7. The number of aryl methyl sites for hydroxylation is 1. The van der Waals surface area contributed by atoms with Crippen molar-refractivity contribution < 1.29 is 14.1 Å². The molecule has 8 nitrogen and oxygen atoms in total. The van der Waals surface area contributed by atoms with Gasteiger partial charge in [0.15, 0.2) is 5.58 Å². The van der Waals surface area contributed by atoms with Crippen molar-refractivity contribution in [3.63, 3.8) is 0 Å². The molecule has 1 N–H and O–H groups in total. The average molecular weight is 375 g/mol. The Kier molecular flexibility index (Phi) is 5.17. The normalized spacial score (nSPS) is 12.2. The van der Waals surface area contributed by atoms with Gasteiger partial charge in [0.05, 0.1) is 22.5 Å². The van der Waals surface area contributed by atoms with Crippen LogP contribution >= 0.6 is 11.3 Å². The van der Waals surface area contributed by atoms with E-state index in [9.17, 15) is 19.7 Å². The third-order valence-electron chi connectivity index (χ3n) is 4.00. The number of amides is 1. The number of nitrogens with one attached hydrogen (secondary N) is 1. The first-order chi connectivity index (χ1) is 12.5. The number of nitro benzene ring substituents is 1. The van der Waals surface area contributed by atoms with Crippen molar-refractivity contribution in [3.05, 3.63) is 61.3 Å². The lowest BCUT2D eigenvalue weighted by atomic mass is 10.2. The molecular weight excluding hydrogens is 358 g/mol. The molecule has 1 amide bonds. The highest BCUT2D eigenvalue weighted by atomic mass is 32.1. The van der Waals surface area contributed by atoms with Crippen LogP contribution in [0.2, 0.25) is 0 Å². The zero-order valence-corrected chi connectivity index (χ0v) is 14.8. The third kappa shape index (κ3) is 3.83. The number of carbonyl (C=O) groups is 1. The molecule has 0 saturated carbocycles. The highest BCUT2D eigenvalue weighted by molar-refractivity contribution is 7.10. The standard InChI is InChI=1S/C17H17N3O5S/c1-11(15-4-3-9-26-15)18-16(21)5-2-8-19-13-7-6-12(20(23)24)10-14(13)25-17(19)22/h3-4,6-7,9-11H,2,5,8H2,1H3,(H,18,21)/t11-/m0/s1. The molecule has 0 spiro atoms. The number of carbonyl (C=O) groups excluding carboxylic acids is 1. The van der Waals surface area contributed by atoms with E-state index in [1.165, 1.54) is 22.8 Å². The van der Waals surface area contributed by atoms with E-state index in [1.807, 2.05) is 24.4 Å². The number of hydrogen-bond acceptors (Lipinski definition) is 6. The van der Waals surface area contributed by atoms with Gasteiger partial charge in [-0.05, 0) is 30.9 Å². The van der Waals surface area contributed by atoms with Gasteiger partial charge in [-0.2, -0.15) is 0 Å². The summed E-state index contributed by atoms with van der Waals surface area (Å²) in [6.45, 7) is 2.22. The molecule has 0 fully saturated rings. The Hall–Kier alpha value is -2.94. The predicted octanol–water partition coefficient (Wildman–Crippen LogP) is 3.22. The van der Waals surface area contributed by atoms with Gasteiger partial charge >= 0.3 is 5.76 Å². The number of fused-ring (bicyclic) bond motifs is 1. The Bertz CT molecular complexity index is 990. The summed E-state index contributed by atoms with van der Waals surface area (Å²) in [6.07, 6.45) is 0.719. The van der Waals surface area contributed by atoms with Gasteiger partial charge in [0.25, 0.3) is 5.69 Å². The Morgan fingerprint density at radius 1 is 1.42 bits per heavy atom. The molecule has 0 aliphatic rings. The van der Waals surface area contributed by atoms with E-state index >= 15 is 0 Å². The summed E-state index contributed by atoms with van der Waals surface area (Å²) >= 11 is 1.58. The number of benzene rings is 1. The number of hydrogen-bond donors (Lipinski definition) is 1. The first kappa shape index (κ1) is 17.9. The summed E-state index contributed by atoms with van der Waals surface area (Å²) in [7, 11) is 0. The van der Waals surface area contributed by atoms with Gasteiger partial charge in [0.2, 0.25) is 5.91 Å². The molecule has 2 heterocycles. The first-order valence-corrected chi connectivity index (χ1v) is 8.94. The van der Waals surface area contributed by atoms with Gasteiger partial charge < -0.3 is 9.73 Å². The summed E-state index contributed by atoms with van der Waals surface area (Å²) in [4.78, 5) is 35.3. The summed E-state index contributed by atoms with van der Waals surface area (Å²) in [5.41, 5.74) is 0.508. The Morgan fingerprint density at radius 3 is 2.92 bits per heavy atom. The molecule has 9 heteroatoms. The van der Waals surface area contributed by atoms with Crippen LogP contribution in [0.4, 0.5) is 5.69 Å². The summed E-state index contributed by atoms with van der Waals surface area (Å²) in [5.74, 6) is -0.685. The fourth-order valence-electron chi connectivity index (χ4n) is 2.70. The van der Waals surface area contributed by atoms with Crippen molar-refractivity contribution in [3.8, 4) is 0 Å². The topological polar surface area (TPSA) is 107 Å². The molecule has 0 aliphatic carbocycles. The SMILES string of the molecule is C[C@H](NC(=O)CCCn1c(=O)oc2cc([N+](=O)[O-])ccc21)c1cccs1. The Morgan fingerprint density at radius 2 is 2.23 bits per heavy atom. The number of nitrogens with zero attached hydrogens (tertiary/aromatic N) is 2. The maximum absolute atomic E-state index is 12.1. The Labute approximate surface area is 152 Å². The number of nitro groups is 1. The van der Waals surface area contributed by atoms with E-state index < -0.39 is 10.7 Å². The van der Waals surface area contributed by atoms with Gasteiger partial charge in [-0.3, -0.25) is 19.5 Å². The fourth-order valence-corrected chi connectivity index (χ4v) is 3.43. The molecule has 3 aromatic rings. The van der Waals surface area contributed by atoms with E-state index in [0.717, 1.165) is 4.88 Å². The number of rotatable bonds is 7. The smallest absolute Gasteiger partial charge is 0.407 e. The minimum Gasteiger partial charge on any atom is -0.407 e. The monoisotopic (exact) mass is 375 g/mol. The average Bonchev–Trinajstić information content (AvgIpc) is 3.22.